The van der Waals surface area contributed by atoms with Crippen LogP contribution in [0.25, 0.3) is 0 Å². The van der Waals surface area contributed by atoms with Crippen LogP contribution in [0.2, 0.25) is 0 Å². The van der Waals surface area contributed by atoms with Crippen LogP contribution in [-0.2, 0) is 0 Å². The van der Waals surface area contributed by atoms with Crippen LogP contribution >= 0.6 is 21.6 Å². The predicted molar refractivity (Wildman–Crippen MR) is 85.5 cm³/mol. The molecule has 0 aromatic rings. The Morgan fingerprint density at radius 2 is 0.944 bits per heavy atom. The smallest absolute Gasteiger partial charge is 0.0165 e. The predicted octanol–water partition coefficient (Wildman–Crippen LogP) is 3.34. The molecule has 0 aliphatic carbocycles. The Hall–Kier alpha value is 0.620. The van der Waals surface area contributed by atoms with E-state index < -0.39 is 0 Å². The average Bonchev–Trinajstić information content (AvgIpc) is 2.45. The minimum Gasteiger partial charge on any atom is -0.302 e. The van der Waals surface area contributed by atoms with Gasteiger partial charge in [0.2, 0.25) is 0 Å². The van der Waals surface area contributed by atoms with E-state index in [4.69, 9.17) is 0 Å². The molecule has 0 N–H and O–H groups in total. The van der Waals surface area contributed by atoms with Crippen molar-refractivity contribution in [3.63, 3.8) is 0 Å². The van der Waals surface area contributed by atoms with Crippen molar-refractivity contribution in [3.8, 4) is 0 Å². The maximum absolute atomic E-state index is 2.64. The van der Waals surface area contributed by atoms with Gasteiger partial charge in [-0.3, -0.25) is 0 Å². The van der Waals surface area contributed by atoms with Crippen LogP contribution in [0, 0.1) is 0 Å². The lowest BCUT2D eigenvalue weighted by molar-refractivity contribution is 0.242. The molecule has 0 saturated carbocycles. The fourth-order valence-electron chi connectivity index (χ4n) is 2.82. The third-order valence-corrected chi connectivity index (χ3v) is 6.33. The summed E-state index contributed by atoms with van der Waals surface area (Å²) in [6.45, 7) is 8.00. The van der Waals surface area contributed by atoms with Gasteiger partial charge in [0.25, 0.3) is 0 Å². The zero-order valence-electron chi connectivity index (χ0n) is 11.6. The number of likely N-dealkylation sites (tertiary alicyclic amines) is 2. The Kier molecular flexibility index (Phi) is 7.94. The second-order valence-corrected chi connectivity index (χ2v) is 8.15. The maximum atomic E-state index is 2.64. The molecule has 0 aromatic carbocycles. The van der Waals surface area contributed by atoms with Crippen LogP contribution in [-0.4, -0.2) is 60.6 Å². The number of rotatable bonds is 7. The van der Waals surface area contributed by atoms with E-state index in [-0.39, 0.29) is 0 Å². The van der Waals surface area contributed by atoms with Gasteiger partial charge in [-0.15, -0.1) is 0 Å². The molecule has 0 radical (unpaired) electrons. The molecule has 0 unspecified atom stereocenters. The summed E-state index contributed by atoms with van der Waals surface area (Å²) in [5, 5.41) is 0. The molecular formula is C14H28N2S2. The standard InChI is InChI=1S/C14H28N2S2/c1-3-7-15(8-4-1)11-13-17-18-14-12-16-9-5-2-6-10-16/h1-14H2. The van der Waals surface area contributed by atoms with Crippen molar-refractivity contribution in [2.24, 2.45) is 0 Å². The van der Waals surface area contributed by atoms with Gasteiger partial charge >= 0.3 is 0 Å². The number of hydrogen-bond donors (Lipinski definition) is 0. The van der Waals surface area contributed by atoms with Gasteiger partial charge < -0.3 is 9.80 Å². The number of hydrogen-bond acceptors (Lipinski definition) is 4. The van der Waals surface area contributed by atoms with E-state index in [1.807, 2.05) is 0 Å². The monoisotopic (exact) mass is 288 g/mol. The lowest BCUT2D eigenvalue weighted by Gasteiger charge is -2.26. The highest BCUT2D eigenvalue weighted by atomic mass is 33.1. The first-order valence-electron chi connectivity index (χ1n) is 7.64. The van der Waals surface area contributed by atoms with E-state index in [0.717, 1.165) is 0 Å². The minimum absolute atomic E-state index is 1.31. The van der Waals surface area contributed by atoms with E-state index >= 15 is 0 Å². The molecule has 0 amide bonds. The third kappa shape index (κ3) is 6.18. The molecule has 2 nitrogen and oxygen atoms in total. The quantitative estimate of drug-likeness (QED) is 0.523. The Balaban J connectivity index is 1.39. The molecule has 18 heavy (non-hydrogen) atoms. The molecule has 2 saturated heterocycles. The molecule has 0 atom stereocenters. The highest BCUT2D eigenvalue weighted by molar-refractivity contribution is 8.76. The summed E-state index contributed by atoms with van der Waals surface area (Å²) in [6, 6.07) is 0. The second kappa shape index (κ2) is 9.51. The third-order valence-electron chi connectivity index (χ3n) is 3.96. The first kappa shape index (κ1) is 15.0. The van der Waals surface area contributed by atoms with E-state index in [9.17, 15) is 0 Å². The summed E-state index contributed by atoms with van der Waals surface area (Å²) in [5.41, 5.74) is 0. The Morgan fingerprint density at radius 1 is 0.556 bits per heavy atom. The largest absolute Gasteiger partial charge is 0.302 e. The van der Waals surface area contributed by atoms with Crippen molar-refractivity contribution in [3.05, 3.63) is 0 Å². The highest BCUT2D eigenvalue weighted by Gasteiger charge is 2.10. The van der Waals surface area contributed by atoms with Gasteiger partial charge in [0, 0.05) is 24.6 Å². The molecule has 4 heteroatoms. The summed E-state index contributed by atoms with van der Waals surface area (Å²) < 4.78 is 0. The van der Waals surface area contributed by atoms with Crippen molar-refractivity contribution in [1.82, 2.24) is 9.80 Å². The molecule has 2 aliphatic rings. The van der Waals surface area contributed by atoms with Crippen LogP contribution in [0.3, 0.4) is 0 Å². The zero-order chi connectivity index (χ0) is 12.5. The van der Waals surface area contributed by atoms with Gasteiger partial charge in [-0.05, 0) is 51.9 Å². The van der Waals surface area contributed by atoms with Crippen LogP contribution in [0.15, 0.2) is 0 Å². The van der Waals surface area contributed by atoms with Crippen LogP contribution in [0.1, 0.15) is 38.5 Å². The SMILES string of the molecule is C1CCN(CCSSCCN2CCCCC2)CC1. The summed E-state index contributed by atoms with van der Waals surface area (Å²) in [5.74, 6) is 2.62. The van der Waals surface area contributed by atoms with Gasteiger partial charge in [-0.25, -0.2) is 0 Å². The van der Waals surface area contributed by atoms with Crippen LogP contribution < -0.4 is 0 Å². The molecule has 0 bridgehead atoms. The zero-order valence-corrected chi connectivity index (χ0v) is 13.2. The fraction of sp³-hybridized carbons (Fsp3) is 1.00. The number of nitrogens with zero attached hydrogens (tertiary/aromatic N) is 2. The Labute approximate surface area is 121 Å². The Bertz CT molecular complexity index is 180. The maximum Gasteiger partial charge on any atom is 0.0165 e. The van der Waals surface area contributed by atoms with Crippen molar-refractivity contribution in [2.45, 2.75) is 38.5 Å². The fourth-order valence-corrected chi connectivity index (χ4v) is 4.87. The van der Waals surface area contributed by atoms with Crippen LogP contribution in [0.4, 0.5) is 0 Å². The lowest BCUT2D eigenvalue weighted by Crippen LogP contribution is -2.32. The summed E-state index contributed by atoms with van der Waals surface area (Å²) in [6.07, 6.45) is 8.60. The summed E-state index contributed by atoms with van der Waals surface area (Å²) >= 11 is 0. The molecule has 2 rings (SSSR count). The summed E-state index contributed by atoms with van der Waals surface area (Å²) in [4.78, 5) is 5.28. The summed E-state index contributed by atoms with van der Waals surface area (Å²) in [7, 11) is 4.17. The van der Waals surface area contributed by atoms with Gasteiger partial charge in [0.15, 0.2) is 0 Å². The van der Waals surface area contributed by atoms with Gasteiger partial charge in [0.1, 0.15) is 0 Å². The van der Waals surface area contributed by atoms with E-state index in [1.54, 1.807) is 0 Å². The molecule has 2 heterocycles. The van der Waals surface area contributed by atoms with Gasteiger partial charge in [-0.2, -0.15) is 0 Å². The first-order chi connectivity index (χ1) is 8.95. The van der Waals surface area contributed by atoms with E-state index in [2.05, 4.69) is 31.4 Å². The van der Waals surface area contributed by atoms with E-state index in [0.29, 0.717) is 0 Å². The molecular weight excluding hydrogens is 260 g/mol. The first-order valence-corrected chi connectivity index (χ1v) is 10.1. The molecule has 2 aliphatic heterocycles. The van der Waals surface area contributed by atoms with E-state index in [1.165, 1.54) is 89.3 Å². The van der Waals surface area contributed by atoms with Gasteiger partial charge in [-0.1, -0.05) is 34.4 Å². The molecule has 2 fully saturated rings. The van der Waals surface area contributed by atoms with Gasteiger partial charge in [0.05, 0.1) is 0 Å². The lowest BCUT2D eigenvalue weighted by atomic mass is 10.1. The minimum atomic E-state index is 1.31. The number of piperidine rings is 2. The molecule has 0 aromatic heterocycles. The van der Waals surface area contributed by atoms with Crippen LogP contribution in [0.5, 0.6) is 0 Å². The Morgan fingerprint density at radius 3 is 1.33 bits per heavy atom. The highest BCUT2D eigenvalue weighted by Crippen LogP contribution is 2.22. The van der Waals surface area contributed by atoms with Crippen molar-refractivity contribution >= 4 is 21.6 Å². The normalized spacial score (nSPS) is 23.3. The van der Waals surface area contributed by atoms with Crippen molar-refractivity contribution < 1.29 is 0 Å². The molecule has 0 spiro atoms. The topological polar surface area (TPSA) is 6.48 Å². The molecule has 106 valence electrons. The van der Waals surface area contributed by atoms with Crippen molar-refractivity contribution in [2.75, 3.05) is 50.8 Å². The average molecular weight is 289 g/mol. The van der Waals surface area contributed by atoms with Crippen molar-refractivity contribution in [1.29, 1.82) is 0 Å². The second-order valence-electron chi connectivity index (χ2n) is 5.45.